The Morgan fingerprint density at radius 2 is 1.64 bits per heavy atom. The molecule has 0 aliphatic carbocycles. The first-order chi connectivity index (χ1) is 25.9. The van der Waals surface area contributed by atoms with E-state index in [1.54, 1.807) is 32.9 Å². The largest absolute Gasteiger partial charge is 0.481 e. The van der Waals surface area contributed by atoms with Gasteiger partial charge in [0.15, 0.2) is 11.4 Å². The maximum absolute atomic E-state index is 14.5. The lowest BCUT2D eigenvalue weighted by Crippen LogP contribution is -2.41. The van der Waals surface area contributed by atoms with Crippen molar-refractivity contribution in [2.75, 3.05) is 25.7 Å². The van der Waals surface area contributed by atoms with E-state index >= 15 is 0 Å². The van der Waals surface area contributed by atoms with Crippen molar-refractivity contribution < 1.29 is 57.2 Å². The third kappa shape index (κ3) is 10.6. The molecule has 0 saturated carbocycles. The Labute approximate surface area is 327 Å². The van der Waals surface area contributed by atoms with Gasteiger partial charge in [0, 0.05) is 5.92 Å². The summed E-state index contributed by atoms with van der Waals surface area (Å²) in [5, 5.41) is 38.4. The van der Waals surface area contributed by atoms with E-state index < -0.39 is 90.9 Å². The fourth-order valence-electron chi connectivity index (χ4n) is 6.45. The summed E-state index contributed by atoms with van der Waals surface area (Å²) in [4.78, 5) is 54.7. The highest BCUT2D eigenvalue weighted by molar-refractivity contribution is 7.51. The molecule has 18 nitrogen and oxygen atoms in total. The molecule has 19 heteroatoms. The first kappa shape index (κ1) is 46.2. The molecule has 312 valence electrons. The van der Waals surface area contributed by atoms with Crippen LogP contribution in [0.2, 0.25) is 0 Å². The van der Waals surface area contributed by atoms with E-state index in [9.17, 15) is 39.2 Å². The smallest absolute Gasteiger partial charge is 0.409 e. The molecule has 1 fully saturated rings. The predicted octanol–water partition coefficient (Wildman–Crippen LogP) is 5.31. The van der Waals surface area contributed by atoms with Crippen molar-refractivity contribution in [2.45, 2.75) is 113 Å². The molecule has 0 amide bonds. The van der Waals surface area contributed by atoms with Gasteiger partial charge >= 0.3 is 31.6 Å². The normalized spacial score (nSPS) is 22.0. The van der Waals surface area contributed by atoms with Crippen LogP contribution in [-0.4, -0.2) is 80.8 Å². The third-order valence-corrected chi connectivity index (χ3v) is 11.9. The van der Waals surface area contributed by atoms with E-state index in [1.165, 1.54) is 45.5 Å². The standard InChI is InChI=1S/C37H57N6O12P/c1-11-23(12-2)17-51-30(44)22(3)42-56(50,54-21-52-33(49)34(4,5)6)53-18-27-24(15-35(7,8)31(45)46)25(16-36(9,10)32(47)48)37(19-38,55-27)28-14-13-26-29(39)40-20-41-43(26)28/h13-14,20,22-25,27H,11-12,15-18,21H2,1-10H3,(H,42,50)(H,45,46)(H,47,48)(H2,39,40,41)/t22-,24+,25+,27-,37+,56?/m0/s1. The van der Waals surface area contributed by atoms with Crippen LogP contribution in [-0.2, 0) is 52.6 Å². The van der Waals surface area contributed by atoms with Gasteiger partial charge < -0.3 is 30.2 Å². The minimum atomic E-state index is -4.62. The van der Waals surface area contributed by atoms with Crippen LogP contribution in [0.25, 0.3) is 5.52 Å². The number of anilines is 1. The number of carboxylic acid groups (broad SMARTS) is 2. The highest BCUT2D eigenvalue weighted by atomic mass is 31.2. The number of carboxylic acids is 2. The molecule has 1 aliphatic heterocycles. The minimum Gasteiger partial charge on any atom is -0.481 e. The van der Waals surface area contributed by atoms with Gasteiger partial charge in [-0.05, 0) is 92.2 Å². The lowest BCUT2D eigenvalue weighted by Gasteiger charge is -2.36. The van der Waals surface area contributed by atoms with E-state index in [4.69, 9.17) is 29.0 Å². The van der Waals surface area contributed by atoms with Gasteiger partial charge in [-0.25, -0.2) is 19.2 Å². The number of carbonyl (C=O) groups excluding carboxylic acids is 2. The summed E-state index contributed by atoms with van der Waals surface area (Å²) in [6.07, 6.45) is 1.14. The van der Waals surface area contributed by atoms with E-state index in [-0.39, 0.29) is 36.9 Å². The third-order valence-electron chi connectivity index (χ3n) is 10.3. The minimum absolute atomic E-state index is 0.0899. The van der Waals surface area contributed by atoms with Crippen molar-refractivity contribution >= 4 is 43.0 Å². The van der Waals surface area contributed by atoms with Crippen LogP contribution < -0.4 is 10.8 Å². The molecule has 0 bridgehead atoms. The number of carbonyl (C=O) groups is 4. The first-order valence-corrected chi connectivity index (χ1v) is 20.1. The zero-order chi connectivity index (χ0) is 42.4. The second kappa shape index (κ2) is 18.0. The number of hydrogen-bond donors (Lipinski definition) is 4. The van der Waals surface area contributed by atoms with Gasteiger partial charge in [-0.15, -0.1) is 0 Å². The van der Waals surface area contributed by atoms with Gasteiger partial charge in [0.1, 0.15) is 24.0 Å². The van der Waals surface area contributed by atoms with Crippen molar-refractivity contribution in [2.24, 2.45) is 34.0 Å². The Kier molecular flexibility index (Phi) is 14.8. The number of hydrogen-bond acceptors (Lipinski definition) is 14. The number of nitrogens with two attached hydrogens (primary N) is 1. The van der Waals surface area contributed by atoms with Crippen molar-refractivity contribution in [1.29, 1.82) is 5.26 Å². The number of nitrogens with one attached hydrogen (secondary N) is 1. The van der Waals surface area contributed by atoms with Gasteiger partial charge in [0.25, 0.3) is 0 Å². The molecular weight excluding hydrogens is 751 g/mol. The van der Waals surface area contributed by atoms with Crippen molar-refractivity contribution in [3.05, 3.63) is 24.2 Å². The lowest BCUT2D eigenvalue weighted by atomic mass is 9.66. The molecule has 6 atom stereocenters. The SMILES string of the molecule is CCC(CC)COC(=O)[C@H](C)NP(=O)(OCOC(=O)C(C)(C)C)OC[C@@H]1O[C@@](C#N)(c2ccc3c(N)ncnn23)[C@H](CC(C)(C)C(=O)O)[C@H]1CC(C)(C)C(=O)O. The Balaban J connectivity index is 2.13. The van der Waals surface area contributed by atoms with Crippen LogP contribution in [0.15, 0.2) is 18.5 Å². The number of ether oxygens (including phenoxy) is 3. The second-order valence-corrected chi connectivity index (χ2v) is 18.4. The molecule has 0 aromatic carbocycles. The number of aromatic nitrogens is 3. The number of nitriles is 1. The maximum atomic E-state index is 14.5. The molecule has 1 aliphatic rings. The quantitative estimate of drug-likeness (QED) is 0.0750. The van der Waals surface area contributed by atoms with E-state index in [2.05, 4.69) is 21.2 Å². The van der Waals surface area contributed by atoms with Gasteiger partial charge in [-0.3, -0.25) is 28.2 Å². The van der Waals surface area contributed by atoms with Crippen LogP contribution in [0.1, 0.15) is 101 Å². The number of esters is 2. The monoisotopic (exact) mass is 808 g/mol. The summed E-state index contributed by atoms with van der Waals surface area (Å²) >= 11 is 0. The predicted molar refractivity (Wildman–Crippen MR) is 201 cm³/mol. The number of nitrogen functional groups attached to an aromatic ring is 1. The fourth-order valence-corrected chi connectivity index (χ4v) is 7.79. The Morgan fingerprint density at radius 3 is 2.20 bits per heavy atom. The summed E-state index contributed by atoms with van der Waals surface area (Å²) in [5.41, 5.74) is 0.783. The molecule has 0 spiro atoms. The van der Waals surface area contributed by atoms with Gasteiger partial charge in [0.05, 0.1) is 41.3 Å². The molecule has 56 heavy (non-hydrogen) atoms. The van der Waals surface area contributed by atoms with E-state index in [0.29, 0.717) is 5.52 Å². The van der Waals surface area contributed by atoms with Crippen LogP contribution in [0.3, 0.4) is 0 Å². The Hall–Kier alpha value is -4.14. The summed E-state index contributed by atoms with van der Waals surface area (Å²) in [7, 11) is -4.62. The molecule has 2 aromatic heterocycles. The van der Waals surface area contributed by atoms with Gasteiger partial charge in [-0.2, -0.15) is 10.4 Å². The van der Waals surface area contributed by atoms with E-state index in [0.717, 1.165) is 12.8 Å². The molecule has 1 unspecified atom stereocenters. The van der Waals surface area contributed by atoms with Gasteiger partial charge in [-0.1, -0.05) is 26.7 Å². The average molecular weight is 809 g/mol. The molecule has 0 radical (unpaired) electrons. The van der Waals surface area contributed by atoms with Crippen LogP contribution >= 0.6 is 7.75 Å². The fraction of sp³-hybridized carbons (Fsp3) is 0.703. The van der Waals surface area contributed by atoms with Crippen LogP contribution in [0.4, 0.5) is 5.82 Å². The zero-order valence-electron chi connectivity index (χ0n) is 33.9. The highest BCUT2D eigenvalue weighted by Gasteiger charge is 2.61. The number of nitrogens with zero attached hydrogens (tertiary/aromatic N) is 4. The zero-order valence-corrected chi connectivity index (χ0v) is 34.8. The molecule has 3 rings (SSSR count). The molecular formula is C37H57N6O12P. The molecule has 1 saturated heterocycles. The Morgan fingerprint density at radius 1 is 1.04 bits per heavy atom. The van der Waals surface area contributed by atoms with Crippen LogP contribution in [0, 0.1) is 45.3 Å². The maximum Gasteiger partial charge on any atom is 0.409 e. The molecule has 3 heterocycles. The van der Waals surface area contributed by atoms with Gasteiger partial charge in [0.2, 0.25) is 6.79 Å². The number of fused-ring (bicyclic) bond motifs is 1. The molecule has 5 N–H and O–H groups in total. The summed E-state index contributed by atoms with van der Waals surface area (Å²) < 4.78 is 44.5. The Bertz CT molecular complexity index is 1830. The summed E-state index contributed by atoms with van der Waals surface area (Å²) in [6.45, 7) is 14.7. The number of rotatable bonds is 20. The van der Waals surface area contributed by atoms with Crippen molar-refractivity contribution in [3.8, 4) is 6.07 Å². The topological polar surface area (TPSA) is 264 Å². The van der Waals surface area contributed by atoms with Crippen molar-refractivity contribution in [1.82, 2.24) is 19.7 Å². The first-order valence-electron chi connectivity index (χ1n) is 18.5. The lowest BCUT2D eigenvalue weighted by molar-refractivity contribution is -0.160. The van der Waals surface area contributed by atoms with Crippen molar-refractivity contribution in [3.63, 3.8) is 0 Å². The highest BCUT2D eigenvalue weighted by Crippen LogP contribution is 2.56. The average Bonchev–Trinajstić information content (AvgIpc) is 3.67. The van der Waals surface area contributed by atoms with Crippen LogP contribution in [0.5, 0.6) is 0 Å². The molecule has 2 aromatic rings. The summed E-state index contributed by atoms with van der Waals surface area (Å²) in [6, 6.07) is 4.10. The number of aliphatic carboxylic acids is 2. The summed E-state index contributed by atoms with van der Waals surface area (Å²) in [5.74, 6) is -5.55. The van der Waals surface area contributed by atoms with E-state index in [1.807, 2.05) is 13.8 Å². The second-order valence-electron chi connectivity index (χ2n) is 16.6.